The van der Waals surface area contributed by atoms with Crippen LogP contribution in [0.25, 0.3) is 0 Å². The number of aryl methyl sites for hydroxylation is 1. The summed E-state index contributed by atoms with van der Waals surface area (Å²) in [7, 11) is 0. The smallest absolute Gasteiger partial charge is 0.128 e. The van der Waals surface area contributed by atoms with Crippen molar-refractivity contribution in [2.24, 2.45) is 0 Å². The van der Waals surface area contributed by atoms with Crippen LogP contribution in [0.15, 0.2) is 48.5 Å². The number of benzene rings is 2. The average molecular weight is 286 g/mol. The lowest BCUT2D eigenvalue weighted by Crippen LogP contribution is -2.21. The maximum absolute atomic E-state index is 13.6. The van der Waals surface area contributed by atoms with Crippen molar-refractivity contribution in [2.45, 2.75) is 38.1 Å². The fourth-order valence-electron chi connectivity index (χ4n) is 2.89. The van der Waals surface area contributed by atoms with Gasteiger partial charge in [-0.25, -0.2) is 4.39 Å². The van der Waals surface area contributed by atoms with Gasteiger partial charge in [0.25, 0.3) is 0 Å². The number of fused-ring (bicyclic) bond motifs is 1. The number of hydrogen-bond donors (Lipinski definition) is 1. The van der Waals surface area contributed by atoms with E-state index in [1.165, 1.54) is 11.6 Å². The van der Waals surface area contributed by atoms with Crippen molar-refractivity contribution in [1.82, 2.24) is 0 Å². The molecule has 0 bridgehead atoms. The first-order valence-corrected chi connectivity index (χ1v) is 7.36. The molecule has 1 N–H and O–H groups in total. The average Bonchev–Trinajstić information content (AvgIpc) is 2.67. The number of aliphatic hydroxyl groups is 1. The second-order valence-corrected chi connectivity index (χ2v) is 5.48. The molecule has 2 aromatic carbocycles. The molecule has 0 radical (unpaired) electrons. The fraction of sp³-hybridized carbons (Fsp3) is 0.333. The summed E-state index contributed by atoms with van der Waals surface area (Å²) < 4.78 is 19.4. The first-order valence-electron chi connectivity index (χ1n) is 7.36. The Balaban J connectivity index is 1.73. The molecule has 0 spiro atoms. The summed E-state index contributed by atoms with van der Waals surface area (Å²) in [6.07, 6.45) is 1.77. The molecule has 110 valence electrons. The van der Waals surface area contributed by atoms with Crippen LogP contribution in [0.4, 0.5) is 4.39 Å². The van der Waals surface area contributed by atoms with E-state index in [1.807, 2.05) is 18.2 Å². The first-order chi connectivity index (χ1) is 10.3. The minimum atomic E-state index is -0.643. The Morgan fingerprint density at radius 1 is 1.10 bits per heavy atom. The highest BCUT2D eigenvalue weighted by atomic mass is 19.1. The summed E-state index contributed by atoms with van der Waals surface area (Å²) in [5, 5.41) is 10.5. The predicted octanol–water partition coefficient (Wildman–Crippen LogP) is 3.78. The monoisotopic (exact) mass is 286 g/mol. The van der Waals surface area contributed by atoms with E-state index in [4.69, 9.17) is 4.74 Å². The van der Waals surface area contributed by atoms with Gasteiger partial charge in [-0.15, -0.1) is 0 Å². The van der Waals surface area contributed by atoms with E-state index in [2.05, 4.69) is 6.07 Å². The maximum Gasteiger partial charge on any atom is 0.128 e. The van der Waals surface area contributed by atoms with Gasteiger partial charge in [0.1, 0.15) is 11.9 Å². The summed E-state index contributed by atoms with van der Waals surface area (Å²) in [6.45, 7) is 0.191. The van der Waals surface area contributed by atoms with Crippen molar-refractivity contribution in [1.29, 1.82) is 0 Å². The molecule has 0 fully saturated rings. The molecule has 1 aliphatic carbocycles. The molecule has 2 unspecified atom stereocenters. The molecule has 2 aromatic rings. The highest BCUT2D eigenvalue weighted by Crippen LogP contribution is 2.31. The number of hydrogen-bond acceptors (Lipinski definition) is 2. The lowest BCUT2D eigenvalue weighted by Gasteiger charge is -2.22. The quantitative estimate of drug-likeness (QED) is 0.870. The van der Waals surface area contributed by atoms with Crippen molar-refractivity contribution < 1.29 is 14.2 Å². The van der Waals surface area contributed by atoms with Crippen LogP contribution in [-0.2, 0) is 17.8 Å². The molecule has 0 saturated heterocycles. The summed E-state index contributed by atoms with van der Waals surface area (Å²) in [5.41, 5.74) is 2.65. The Labute approximate surface area is 124 Å². The lowest BCUT2D eigenvalue weighted by atomic mass is 10.0. The van der Waals surface area contributed by atoms with Crippen LogP contribution in [-0.4, -0.2) is 11.2 Å². The number of rotatable bonds is 3. The highest BCUT2D eigenvalue weighted by Gasteiger charge is 2.26. The van der Waals surface area contributed by atoms with Crippen molar-refractivity contribution in [3.8, 4) is 0 Å². The van der Waals surface area contributed by atoms with Crippen LogP contribution in [0.5, 0.6) is 0 Å². The molecule has 3 rings (SSSR count). The van der Waals surface area contributed by atoms with E-state index in [9.17, 15) is 9.50 Å². The maximum atomic E-state index is 13.6. The third-order valence-electron chi connectivity index (χ3n) is 4.07. The predicted molar refractivity (Wildman–Crippen MR) is 79.3 cm³/mol. The Bertz CT molecular complexity index is 612. The van der Waals surface area contributed by atoms with Crippen molar-refractivity contribution in [3.05, 3.63) is 71.0 Å². The number of ether oxygens (including phenoxy) is 1. The van der Waals surface area contributed by atoms with Gasteiger partial charge in [-0.05, 0) is 36.5 Å². The molecule has 2 atom stereocenters. The Morgan fingerprint density at radius 2 is 1.86 bits per heavy atom. The summed E-state index contributed by atoms with van der Waals surface area (Å²) >= 11 is 0. The third-order valence-corrected chi connectivity index (χ3v) is 4.07. The van der Waals surface area contributed by atoms with Gasteiger partial charge in [0.15, 0.2) is 0 Å². The molecule has 3 heteroatoms. The number of aliphatic hydroxyl groups excluding tert-OH is 1. The normalized spacial score (nSPS) is 21.6. The van der Waals surface area contributed by atoms with Gasteiger partial charge in [-0.3, -0.25) is 0 Å². The van der Waals surface area contributed by atoms with Gasteiger partial charge in [0.2, 0.25) is 0 Å². The first kappa shape index (κ1) is 14.2. The van der Waals surface area contributed by atoms with Crippen molar-refractivity contribution in [2.75, 3.05) is 0 Å². The minimum Gasteiger partial charge on any atom is -0.386 e. The zero-order chi connectivity index (χ0) is 14.7. The molecule has 21 heavy (non-hydrogen) atoms. The molecular formula is C18H19FO2. The molecule has 1 aliphatic rings. The van der Waals surface area contributed by atoms with Gasteiger partial charge in [-0.2, -0.15) is 0 Å². The van der Waals surface area contributed by atoms with E-state index < -0.39 is 6.10 Å². The van der Waals surface area contributed by atoms with Gasteiger partial charge >= 0.3 is 0 Å². The molecule has 0 amide bonds. The molecule has 2 nitrogen and oxygen atoms in total. The lowest BCUT2D eigenvalue weighted by molar-refractivity contribution is -0.0508. The van der Waals surface area contributed by atoms with E-state index in [0.29, 0.717) is 5.56 Å². The van der Waals surface area contributed by atoms with Crippen LogP contribution in [0.1, 0.15) is 35.6 Å². The Kier molecular flexibility index (Phi) is 4.32. The number of halogens is 1. The van der Waals surface area contributed by atoms with Gasteiger partial charge in [0, 0.05) is 5.56 Å². The summed E-state index contributed by atoms with van der Waals surface area (Å²) in [4.78, 5) is 0. The second-order valence-electron chi connectivity index (χ2n) is 5.48. The van der Waals surface area contributed by atoms with Crippen molar-refractivity contribution in [3.63, 3.8) is 0 Å². The van der Waals surface area contributed by atoms with Gasteiger partial charge in [0.05, 0.1) is 12.7 Å². The summed E-state index contributed by atoms with van der Waals surface area (Å²) in [6, 6.07) is 14.5. The Hall–Kier alpha value is -1.71. The molecular weight excluding hydrogens is 267 g/mol. The summed E-state index contributed by atoms with van der Waals surface area (Å²) in [5.74, 6) is -0.263. The van der Waals surface area contributed by atoms with Crippen molar-refractivity contribution >= 4 is 0 Å². The van der Waals surface area contributed by atoms with Gasteiger partial charge < -0.3 is 9.84 Å². The topological polar surface area (TPSA) is 29.5 Å². The van der Waals surface area contributed by atoms with Crippen LogP contribution in [0.3, 0.4) is 0 Å². The van der Waals surface area contributed by atoms with E-state index in [1.54, 1.807) is 18.2 Å². The fourth-order valence-corrected chi connectivity index (χ4v) is 2.89. The SMILES string of the molecule is OC1c2ccccc2CCCC1OCc1ccccc1F. The molecule has 0 aliphatic heterocycles. The zero-order valence-electron chi connectivity index (χ0n) is 11.8. The van der Waals surface area contributed by atoms with Crippen LogP contribution in [0.2, 0.25) is 0 Å². The van der Waals surface area contributed by atoms with E-state index in [0.717, 1.165) is 24.8 Å². The van der Waals surface area contributed by atoms with Crippen LogP contribution >= 0.6 is 0 Å². The third kappa shape index (κ3) is 3.14. The Morgan fingerprint density at radius 3 is 2.71 bits per heavy atom. The largest absolute Gasteiger partial charge is 0.386 e. The molecule has 0 saturated carbocycles. The van der Waals surface area contributed by atoms with E-state index in [-0.39, 0.29) is 18.5 Å². The molecule has 0 aromatic heterocycles. The molecule has 0 heterocycles. The zero-order valence-corrected chi connectivity index (χ0v) is 11.8. The van der Waals surface area contributed by atoms with Gasteiger partial charge in [-0.1, -0.05) is 42.5 Å². The minimum absolute atomic E-state index is 0.191. The van der Waals surface area contributed by atoms with E-state index >= 15 is 0 Å². The van der Waals surface area contributed by atoms with Crippen LogP contribution in [0, 0.1) is 5.82 Å². The standard InChI is InChI=1S/C18H19FO2/c19-16-10-4-2-7-14(16)12-21-17-11-5-8-13-6-1-3-9-15(13)18(17)20/h1-4,6-7,9-10,17-18,20H,5,8,11-12H2. The van der Waals surface area contributed by atoms with Crippen LogP contribution < -0.4 is 0 Å². The second kappa shape index (κ2) is 6.37. The highest BCUT2D eigenvalue weighted by molar-refractivity contribution is 5.31.